The number of sulfonamides is 1. The molecule has 150 valence electrons. The first-order valence-electron chi connectivity index (χ1n) is 7.72. The van der Waals surface area contributed by atoms with Gasteiger partial charge in [-0.1, -0.05) is 11.6 Å². The van der Waals surface area contributed by atoms with E-state index in [0.717, 1.165) is 11.3 Å². The van der Waals surface area contributed by atoms with E-state index in [1.165, 1.54) is 12.1 Å². The van der Waals surface area contributed by atoms with E-state index in [1.54, 1.807) is 0 Å². The van der Waals surface area contributed by atoms with Crippen molar-refractivity contribution < 1.29 is 16.8 Å². The largest absolute Gasteiger partial charge is 0.357 e. The molecule has 0 saturated carbocycles. The zero-order valence-electron chi connectivity index (χ0n) is 14.1. The Morgan fingerprint density at radius 1 is 1.42 bits per heavy atom. The average molecular weight is 557 g/mol. The summed E-state index contributed by atoms with van der Waals surface area (Å²) in [5.41, 5.74) is 0. The van der Waals surface area contributed by atoms with Crippen LogP contribution in [-0.4, -0.2) is 60.0 Å². The first kappa shape index (κ1) is 23.9. The number of rotatable bonds is 7. The molecule has 1 saturated heterocycles. The number of aliphatic imine (C=N–C) groups is 1. The molecule has 0 amide bonds. The van der Waals surface area contributed by atoms with E-state index < -0.39 is 19.9 Å². The number of nitrogens with zero attached hydrogens (tertiary/aromatic N) is 1. The van der Waals surface area contributed by atoms with Crippen molar-refractivity contribution in [1.29, 1.82) is 0 Å². The Kier molecular flexibility index (Phi) is 9.56. The molecule has 1 aromatic heterocycles. The van der Waals surface area contributed by atoms with Crippen molar-refractivity contribution in [2.45, 2.75) is 23.6 Å². The van der Waals surface area contributed by atoms with E-state index in [0.29, 0.717) is 23.3 Å². The van der Waals surface area contributed by atoms with Gasteiger partial charge in [-0.2, -0.15) is 0 Å². The number of sulfone groups is 1. The molecule has 8 nitrogen and oxygen atoms in total. The van der Waals surface area contributed by atoms with Gasteiger partial charge in [0.2, 0.25) is 10.0 Å². The Balaban J connectivity index is 0.00000338. The van der Waals surface area contributed by atoms with Gasteiger partial charge in [0, 0.05) is 19.1 Å². The van der Waals surface area contributed by atoms with Crippen LogP contribution in [-0.2, 0) is 19.9 Å². The molecule has 1 atom stereocenters. The maximum Gasteiger partial charge on any atom is 0.250 e. The third kappa shape index (κ3) is 7.46. The van der Waals surface area contributed by atoms with Gasteiger partial charge < -0.3 is 10.6 Å². The Labute approximate surface area is 180 Å². The summed E-state index contributed by atoms with van der Waals surface area (Å²) in [6.07, 6.45) is 0.540. The first-order valence-corrected chi connectivity index (χ1v) is 12.2. The third-order valence-corrected chi connectivity index (χ3v) is 8.36. The summed E-state index contributed by atoms with van der Waals surface area (Å²) in [5.74, 6) is 0.735. The minimum Gasteiger partial charge on any atom is -0.357 e. The fourth-order valence-electron chi connectivity index (χ4n) is 2.28. The SMILES string of the molecule is CCNC(=NCCNS(=O)(=O)c1ccc(Cl)s1)NC1CCS(=O)(=O)C1.I. The van der Waals surface area contributed by atoms with E-state index in [9.17, 15) is 16.8 Å². The van der Waals surface area contributed by atoms with Crippen molar-refractivity contribution in [3.63, 3.8) is 0 Å². The first-order chi connectivity index (χ1) is 11.7. The van der Waals surface area contributed by atoms with E-state index in [2.05, 4.69) is 20.3 Å². The van der Waals surface area contributed by atoms with Gasteiger partial charge in [0.1, 0.15) is 4.21 Å². The lowest BCUT2D eigenvalue weighted by Gasteiger charge is -2.15. The number of hydrogen-bond donors (Lipinski definition) is 3. The quantitative estimate of drug-likeness (QED) is 0.200. The Bertz CT molecular complexity index is 826. The van der Waals surface area contributed by atoms with Gasteiger partial charge in [-0.15, -0.1) is 35.3 Å². The van der Waals surface area contributed by atoms with Crippen LogP contribution in [0.15, 0.2) is 21.3 Å². The molecule has 1 aromatic rings. The fraction of sp³-hybridized carbons (Fsp3) is 0.615. The number of halogens is 2. The maximum atomic E-state index is 12.1. The summed E-state index contributed by atoms with van der Waals surface area (Å²) < 4.78 is 50.1. The van der Waals surface area contributed by atoms with Crippen molar-refractivity contribution in [1.82, 2.24) is 15.4 Å². The fourth-order valence-corrected chi connectivity index (χ4v) is 6.50. The molecule has 0 radical (unpaired) electrons. The van der Waals surface area contributed by atoms with Crippen LogP contribution in [0.4, 0.5) is 0 Å². The lowest BCUT2D eigenvalue weighted by atomic mass is 10.3. The highest BCUT2D eigenvalue weighted by Gasteiger charge is 2.28. The van der Waals surface area contributed by atoms with Gasteiger partial charge in [0.15, 0.2) is 15.8 Å². The molecular weight excluding hydrogens is 535 g/mol. The van der Waals surface area contributed by atoms with E-state index in [-0.39, 0.29) is 58.8 Å². The molecule has 1 fully saturated rings. The molecule has 0 aromatic carbocycles. The Morgan fingerprint density at radius 3 is 2.69 bits per heavy atom. The van der Waals surface area contributed by atoms with Crippen molar-refractivity contribution in [2.75, 3.05) is 31.1 Å². The van der Waals surface area contributed by atoms with E-state index in [1.807, 2.05) is 6.92 Å². The second-order valence-corrected chi connectivity index (χ2v) is 11.4. The molecule has 0 spiro atoms. The van der Waals surface area contributed by atoms with E-state index in [4.69, 9.17) is 11.6 Å². The van der Waals surface area contributed by atoms with Crippen LogP contribution in [0.5, 0.6) is 0 Å². The molecule has 0 bridgehead atoms. The van der Waals surface area contributed by atoms with Gasteiger partial charge >= 0.3 is 0 Å². The second-order valence-electron chi connectivity index (χ2n) is 5.46. The predicted octanol–water partition coefficient (Wildman–Crippen LogP) is 1.04. The second kappa shape index (κ2) is 10.4. The summed E-state index contributed by atoms with van der Waals surface area (Å²) in [6, 6.07) is 2.81. The van der Waals surface area contributed by atoms with Crippen LogP contribution >= 0.6 is 46.9 Å². The molecule has 13 heteroatoms. The van der Waals surface area contributed by atoms with Gasteiger partial charge in [-0.25, -0.2) is 21.6 Å². The number of nitrogens with one attached hydrogen (secondary N) is 3. The van der Waals surface area contributed by atoms with Crippen LogP contribution in [0.1, 0.15) is 13.3 Å². The lowest BCUT2D eigenvalue weighted by Crippen LogP contribution is -2.44. The van der Waals surface area contributed by atoms with Crippen LogP contribution in [0.3, 0.4) is 0 Å². The molecule has 26 heavy (non-hydrogen) atoms. The molecule has 1 aliphatic rings. The lowest BCUT2D eigenvalue weighted by molar-refractivity contribution is 0.583. The summed E-state index contributed by atoms with van der Waals surface area (Å²) in [7, 11) is -6.57. The number of thiophene rings is 1. The molecule has 1 unspecified atom stereocenters. The standard InChI is InChI=1S/C13H21ClN4O4S3.HI/c1-2-15-13(18-10-5-8-24(19,20)9-10)16-6-7-17-25(21,22)12-4-3-11(14)23-12;/h3-4,10,17H,2,5-9H2,1H3,(H2,15,16,18);1H. The van der Waals surface area contributed by atoms with Gasteiger partial charge in [-0.05, 0) is 25.5 Å². The third-order valence-electron chi connectivity index (χ3n) is 3.40. The van der Waals surface area contributed by atoms with Crippen LogP contribution in [0, 0.1) is 0 Å². The summed E-state index contributed by atoms with van der Waals surface area (Å²) in [4.78, 5) is 4.28. The molecule has 2 rings (SSSR count). The number of hydrogen-bond acceptors (Lipinski definition) is 6. The van der Waals surface area contributed by atoms with Crippen LogP contribution < -0.4 is 15.4 Å². The predicted molar refractivity (Wildman–Crippen MR) is 116 cm³/mol. The van der Waals surface area contributed by atoms with Crippen molar-refractivity contribution in [3.05, 3.63) is 16.5 Å². The van der Waals surface area contributed by atoms with Crippen LogP contribution in [0.25, 0.3) is 0 Å². The Hall–Kier alpha value is -0.150. The monoisotopic (exact) mass is 556 g/mol. The minimum atomic E-state index is -3.59. The normalized spacial score (nSPS) is 19.8. The highest BCUT2D eigenvalue weighted by atomic mass is 127. The molecule has 3 N–H and O–H groups in total. The smallest absolute Gasteiger partial charge is 0.250 e. The maximum absolute atomic E-state index is 12.1. The minimum absolute atomic E-state index is 0. The molecular formula is C13H22ClIN4O4S3. The summed E-state index contributed by atoms with van der Waals surface area (Å²) in [5, 5.41) is 6.09. The molecule has 2 heterocycles. The highest BCUT2D eigenvalue weighted by molar-refractivity contribution is 14.0. The zero-order chi connectivity index (χ0) is 18.5. The zero-order valence-corrected chi connectivity index (χ0v) is 19.6. The van der Waals surface area contributed by atoms with Gasteiger partial charge in [0.05, 0.1) is 22.4 Å². The molecule has 0 aliphatic carbocycles. The average Bonchev–Trinajstić information content (AvgIpc) is 3.10. The van der Waals surface area contributed by atoms with Crippen LogP contribution in [0.2, 0.25) is 4.34 Å². The Morgan fingerprint density at radius 2 is 2.15 bits per heavy atom. The highest BCUT2D eigenvalue weighted by Crippen LogP contribution is 2.25. The summed E-state index contributed by atoms with van der Waals surface area (Å²) >= 11 is 6.74. The van der Waals surface area contributed by atoms with Crippen molar-refractivity contribution in [3.8, 4) is 0 Å². The van der Waals surface area contributed by atoms with Gasteiger partial charge in [0.25, 0.3) is 0 Å². The van der Waals surface area contributed by atoms with Crippen molar-refractivity contribution >= 4 is 72.7 Å². The number of guanidine groups is 1. The van der Waals surface area contributed by atoms with Crippen molar-refractivity contribution in [2.24, 2.45) is 4.99 Å². The molecule has 1 aliphatic heterocycles. The summed E-state index contributed by atoms with van der Waals surface area (Å²) in [6.45, 7) is 2.85. The van der Waals surface area contributed by atoms with Gasteiger partial charge in [-0.3, -0.25) is 4.99 Å². The van der Waals surface area contributed by atoms with E-state index >= 15 is 0 Å². The topological polar surface area (TPSA) is 117 Å².